The van der Waals surface area contributed by atoms with Gasteiger partial charge >= 0.3 is 0 Å². The van der Waals surface area contributed by atoms with Crippen molar-refractivity contribution >= 4 is 11.6 Å². The number of amides is 1. The molecule has 1 saturated heterocycles. The summed E-state index contributed by atoms with van der Waals surface area (Å²) in [5.74, 6) is 0.0528. The van der Waals surface area contributed by atoms with Gasteiger partial charge < -0.3 is 20.2 Å². The number of piperidine rings is 1. The van der Waals surface area contributed by atoms with Crippen molar-refractivity contribution in [2.45, 2.75) is 57.2 Å². The lowest BCUT2D eigenvalue weighted by atomic mass is 10.0. The van der Waals surface area contributed by atoms with Gasteiger partial charge in [0.2, 0.25) is 5.91 Å². The lowest BCUT2D eigenvalue weighted by Gasteiger charge is -2.33. The fraction of sp³-hybridized carbons (Fsp3) is 0.650. The lowest BCUT2D eigenvalue weighted by Crippen LogP contribution is -2.48. The van der Waals surface area contributed by atoms with Gasteiger partial charge in [-0.25, -0.2) is 0 Å². The van der Waals surface area contributed by atoms with E-state index in [1.807, 2.05) is 42.2 Å². The molecule has 3 rings (SSSR count). The molecule has 0 spiro atoms. The highest BCUT2D eigenvalue weighted by molar-refractivity contribution is 5.81. The predicted molar refractivity (Wildman–Crippen MR) is 101 cm³/mol. The molecule has 2 aliphatic rings. The Morgan fingerprint density at radius 2 is 1.92 bits per heavy atom. The molecular weight excluding hydrogens is 314 g/mol. The van der Waals surface area contributed by atoms with Crippen molar-refractivity contribution in [1.82, 2.24) is 10.2 Å². The monoisotopic (exact) mass is 345 g/mol. The first kappa shape index (κ1) is 18.2. The minimum Gasteiger partial charge on any atom is -0.391 e. The summed E-state index contributed by atoms with van der Waals surface area (Å²) in [6.45, 7) is 4.94. The Morgan fingerprint density at radius 3 is 2.52 bits per heavy atom. The number of carbonyl (C=O) groups excluding carboxylic acids is 1. The SMILES string of the molecule is CCC(O)CN(CC(=O)NC1CCN(C2CC2)CC1)c1ccccc1. The third-order valence-electron chi connectivity index (χ3n) is 5.32. The van der Waals surface area contributed by atoms with E-state index >= 15 is 0 Å². The van der Waals surface area contributed by atoms with Gasteiger partial charge in [0.15, 0.2) is 0 Å². The Labute approximate surface area is 151 Å². The van der Waals surface area contributed by atoms with Crippen molar-refractivity contribution in [3.63, 3.8) is 0 Å². The fourth-order valence-electron chi connectivity index (χ4n) is 3.58. The van der Waals surface area contributed by atoms with Crippen LogP contribution in [0.5, 0.6) is 0 Å². The van der Waals surface area contributed by atoms with Crippen molar-refractivity contribution in [2.75, 3.05) is 31.1 Å². The molecule has 1 aromatic rings. The van der Waals surface area contributed by atoms with Gasteiger partial charge in [0.1, 0.15) is 0 Å². The highest BCUT2D eigenvalue weighted by atomic mass is 16.3. The maximum Gasteiger partial charge on any atom is 0.239 e. The number of nitrogens with zero attached hydrogens (tertiary/aromatic N) is 2. The maximum absolute atomic E-state index is 12.5. The van der Waals surface area contributed by atoms with Crippen LogP contribution in [0.2, 0.25) is 0 Å². The topological polar surface area (TPSA) is 55.8 Å². The number of rotatable bonds is 8. The van der Waals surface area contributed by atoms with Gasteiger partial charge in [-0.15, -0.1) is 0 Å². The van der Waals surface area contributed by atoms with Crippen molar-refractivity contribution in [3.8, 4) is 0 Å². The molecule has 1 heterocycles. The lowest BCUT2D eigenvalue weighted by molar-refractivity contribution is -0.120. The van der Waals surface area contributed by atoms with E-state index in [1.54, 1.807) is 0 Å². The predicted octanol–water partition coefficient (Wildman–Crippen LogP) is 2.01. The van der Waals surface area contributed by atoms with Gasteiger partial charge in [-0.3, -0.25) is 4.79 Å². The summed E-state index contributed by atoms with van der Waals surface area (Å²) < 4.78 is 0. The molecule has 5 nitrogen and oxygen atoms in total. The molecule has 1 aliphatic carbocycles. The molecule has 2 fully saturated rings. The minimum atomic E-state index is -0.421. The number of hydrogen-bond acceptors (Lipinski definition) is 4. The summed E-state index contributed by atoms with van der Waals surface area (Å²) in [6, 6.07) is 11.0. The summed E-state index contributed by atoms with van der Waals surface area (Å²) in [5.41, 5.74) is 0.980. The summed E-state index contributed by atoms with van der Waals surface area (Å²) in [7, 11) is 0. The van der Waals surface area contributed by atoms with Gasteiger partial charge in [-0.05, 0) is 44.2 Å². The third-order valence-corrected chi connectivity index (χ3v) is 5.32. The van der Waals surface area contributed by atoms with E-state index < -0.39 is 6.10 Å². The van der Waals surface area contributed by atoms with Crippen LogP contribution < -0.4 is 10.2 Å². The standard InChI is InChI=1S/C20H31N3O2/c1-2-19(24)14-23(17-6-4-3-5-7-17)15-20(25)21-16-10-12-22(13-11-16)18-8-9-18/h3-7,16,18-19,24H,2,8-15H2,1H3,(H,21,25). The molecule has 138 valence electrons. The van der Waals surface area contributed by atoms with Gasteiger partial charge in [-0.1, -0.05) is 25.1 Å². The van der Waals surface area contributed by atoms with Crippen LogP contribution in [0.25, 0.3) is 0 Å². The number of likely N-dealkylation sites (tertiary alicyclic amines) is 1. The van der Waals surface area contributed by atoms with Crippen LogP contribution in [-0.4, -0.2) is 60.3 Å². The first-order valence-corrected chi connectivity index (χ1v) is 9.67. The number of para-hydroxylation sites is 1. The van der Waals surface area contributed by atoms with Crippen LogP contribution in [0.1, 0.15) is 39.0 Å². The van der Waals surface area contributed by atoms with Gasteiger partial charge in [0.25, 0.3) is 0 Å². The average molecular weight is 345 g/mol. The third kappa shape index (κ3) is 5.44. The van der Waals surface area contributed by atoms with E-state index in [0.29, 0.717) is 19.5 Å². The Kier molecular flexibility index (Phi) is 6.32. The zero-order valence-corrected chi connectivity index (χ0v) is 15.2. The van der Waals surface area contributed by atoms with Crippen molar-refractivity contribution < 1.29 is 9.90 Å². The molecule has 0 radical (unpaired) electrons. The van der Waals surface area contributed by atoms with Gasteiger partial charge in [0.05, 0.1) is 12.6 Å². The number of carbonyl (C=O) groups is 1. The van der Waals surface area contributed by atoms with Crippen molar-refractivity contribution in [3.05, 3.63) is 30.3 Å². The normalized spacial score (nSPS) is 20.2. The number of hydrogen-bond donors (Lipinski definition) is 2. The molecule has 0 aromatic heterocycles. The molecule has 5 heteroatoms. The second-order valence-electron chi connectivity index (χ2n) is 7.39. The summed E-state index contributed by atoms with van der Waals surface area (Å²) in [5, 5.41) is 13.2. The van der Waals surface area contributed by atoms with Crippen molar-refractivity contribution in [1.29, 1.82) is 0 Å². The van der Waals surface area contributed by atoms with E-state index in [9.17, 15) is 9.90 Å². The number of aliphatic hydroxyl groups is 1. The highest BCUT2D eigenvalue weighted by Gasteiger charge is 2.32. The number of anilines is 1. The van der Waals surface area contributed by atoms with Gasteiger partial charge in [-0.2, -0.15) is 0 Å². The largest absolute Gasteiger partial charge is 0.391 e. The smallest absolute Gasteiger partial charge is 0.239 e. The summed E-state index contributed by atoms with van der Waals surface area (Å²) >= 11 is 0. The van der Waals surface area contributed by atoms with E-state index in [-0.39, 0.29) is 11.9 Å². The Hall–Kier alpha value is -1.59. The zero-order valence-electron chi connectivity index (χ0n) is 15.2. The van der Waals surface area contributed by atoms with E-state index in [2.05, 4.69) is 10.2 Å². The fourth-order valence-corrected chi connectivity index (χ4v) is 3.58. The Balaban J connectivity index is 1.51. The maximum atomic E-state index is 12.5. The first-order valence-electron chi connectivity index (χ1n) is 9.67. The van der Waals surface area contributed by atoms with Crippen LogP contribution in [0, 0.1) is 0 Å². The molecule has 1 unspecified atom stereocenters. The molecule has 1 aliphatic heterocycles. The second-order valence-corrected chi connectivity index (χ2v) is 7.39. The van der Waals surface area contributed by atoms with Crippen LogP contribution in [0.4, 0.5) is 5.69 Å². The van der Waals surface area contributed by atoms with Crippen LogP contribution >= 0.6 is 0 Å². The number of nitrogens with one attached hydrogen (secondary N) is 1. The average Bonchev–Trinajstić information content (AvgIpc) is 3.47. The van der Waals surface area contributed by atoms with Crippen LogP contribution in [-0.2, 0) is 4.79 Å². The number of aliphatic hydroxyl groups excluding tert-OH is 1. The van der Waals surface area contributed by atoms with E-state index in [1.165, 1.54) is 12.8 Å². The van der Waals surface area contributed by atoms with E-state index in [0.717, 1.165) is 37.7 Å². The molecule has 2 N–H and O–H groups in total. The zero-order chi connectivity index (χ0) is 17.6. The molecule has 0 bridgehead atoms. The minimum absolute atomic E-state index is 0.0528. The second kappa shape index (κ2) is 8.68. The quantitative estimate of drug-likeness (QED) is 0.757. The molecule has 25 heavy (non-hydrogen) atoms. The number of benzene rings is 1. The van der Waals surface area contributed by atoms with E-state index in [4.69, 9.17) is 0 Å². The molecule has 1 atom stereocenters. The summed E-state index contributed by atoms with van der Waals surface area (Å²) in [6.07, 6.45) is 5.06. The molecule has 1 saturated carbocycles. The summed E-state index contributed by atoms with van der Waals surface area (Å²) in [4.78, 5) is 17.1. The first-order chi connectivity index (χ1) is 12.2. The Bertz CT molecular complexity index is 539. The van der Waals surface area contributed by atoms with Crippen molar-refractivity contribution in [2.24, 2.45) is 0 Å². The Morgan fingerprint density at radius 1 is 1.24 bits per heavy atom. The molecule has 1 aromatic carbocycles. The molecular formula is C20H31N3O2. The van der Waals surface area contributed by atoms with Crippen LogP contribution in [0.15, 0.2) is 30.3 Å². The van der Waals surface area contributed by atoms with Gasteiger partial charge in [0, 0.05) is 37.4 Å². The van der Waals surface area contributed by atoms with Crippen LogP contribution in [0.3, 0.4) is 0 Å². The molecule has 1 amide bonds. The highest BCUT2D eigenvalue weighted by Crippen LogP contribution is 2.29.